The Morgan fingerprint density at radius 2 is 1.76 bits per heavy atom. The van der Waals surface area contributed by atoms with Crippen LogP contribution in [0.5, 0.6) is 0 Å². The van der Waals surface area contributed by atoms with Crippen LogP contribution >= 0.6 is 0 Å². The van der Waals surface area contributed by atoms with Gasteiger partial charge in [-0.3, -0.25) is 4.90 Å². The summed E-state index contributed by atoms with van der Waals surface area (Å²) in [6.07, 6.45) is 3.87. The topological polar surface area (TPSA) is 45.4 Å². The minimum Gasteiger partial charge on any atom is -0.403 e. The number of fused-ring (bicyclic) bond motifs is 2. The van der Waals surface area contributed by atoms with E-state index in [2.05, 4.69) is 27.0 Å². The third-order valence-corrected chi connectivity index (χ3v) is 4.79. The van der Waals surface area contributed by atoms with Gasteiger partial charge in [-0.1, -0.05) is 29.7 Å². The van der Waals surface area contributed by atoms with E-state index in [1.807, 2.05) is 30.3 Å². The molecule has 5 heteroatoms. The number of likely N-dealkylation sites (N-methyl/N-ethyl adjacent to an activating group) is 1. The van der Waals surface area contributed by atoms with Crippen molar-refractivity contribution >= 4 is 6.01 Å². The summed E-state index contributed by atoms with van der Waals surface area (Å²) >= 11 is 0. The van der Waals surface area contributed by atoms with E-state index in [4.69, 9.17) is 4.42 Å². The molecule has 2 atom stereocenters. The summed E-state index contributed by atoms with van der Waals surface area (Å²) in [6, 6.07) is 11.8. The first-order valence-corrected chi connectivity index (χ1v) is 7.67. The summed E-state index contributed by atoms with van der Waals surface area (Å²) in [5.74, 6) is 0.606. The number of hydrogen-bond donors (Lipinski definition) is 0. The molecule has 2 saturated heterocycles. The lowest BCUT2D eigenvalue weighted by Crippen LogP contribution is -2.59. The fourth-order valence-corrected chi connectivity index (χ4v) is 3.51. The first kappa shape index (κ1) is 12.8. The number of piperazine rings is 1. The molecular formula is C16H20N4O. The Morgan fingerprint density at radius 3 is 2.48 bits per heavy atom. The van der Waals surface area contributed by atoms with Crippen molar-refractivity contribution in [2.24, 2.45) is 0 Å². The Kier molecular flexibility index (Phi) is 3.15. The van der Waals surface area contributed by atoms with E-state index in [1.165, 1.54) is 19.3 Å². The Bertz CT molecular complexity index is 598. The lowest BCUT2D eigenvalue weighted by Gasteiger charge is -2.47. The van der Waals surface area contributed by atoms with E-state index in [-0.39, 0.29) is 0 Å². The average Bonchev–Trinajstić information content (AvgIpc) is 2.98. The van der Waals surface area contributed by atoms with Crippen molar-refractivity contribution in [3.8, 4) is 11.5 Å². The zero-order valence-corrected chi connectivity index (χ0v) is 12.3. The van der Waals surface area contributed by atoms with Gasteiger partial charge in [-0.25, -0.2) is 0 Å². The molecule has 0 aliphatic carbocycles. The third-order valence-electron chi connectivity index (χ3n) is 4.79. The molecule has 21 heavy (non-hydrogen) atoms. The fraction of sp³-hybridized carbons (Fsp3) is 0.500. The molecule has 2 aromatic rings. The van der Waals surface area contributed by atoms with E-state index < -0.39 is 0 Å². The molecule has 2 bridgehead atoms. The highest BCUT2D eigenvalue weighted by Gasteiger charge is 2.36. The highest BCUT2D eigenvalue weighted by atomic mass is 16.4. The second-order valence-corrected chi connectivity index (χ2v) is 6.06. The van der Waals surface area contributed by atoms with Crippen molar-refractivity contribution in [3.05, 3.63) is 30.3 Å². The molecule has 0 spiro atoms. The van der Waals surface area contributed by atoms with Crippen molar-refractivity contribution in [1.82, 2.24) is 15.1 Å². The number of benzene rings is 1. The molecule has 0 N–H and O–H groups in total. The number of aromatic nitrogens is 2. The standard InChI is InChI=1S/C16H20N4O/c1-19-13-8-5-9-14(19)11-20(10-13)16-18-17-15(21-16)12-6-3-2-4-7-12/h2-4,6-7,13-14H,5,8-11H2,1H3. The molecule has 0 radical (unpaired) electrons. The Labute approximate surface area is 124 Å². The van der Waals surface area contributed by atoms with E-state index in [0.29, 0.717) is 24.0 Å². The fourth-order valence-electron chi connectivity index (χ4n) is 3.51. The van der Waals surface area contributed by atoms with Crippen LogP contribution in [0.15, 0.2) is 34.7 Å². The molecule has 1 aromatic carbocycles. The summed E-state index contributed by atoms with van der Waals surface area (Å²) in [5, 5.41) is 8.46. The van der Waals surface area contributed by atoms with Crippen molar-refractivity contribution in [2.45, 2.75) is 31.3 Å². The van der Waals surface area contributed by atoms with Crippen LogP contribution in [0.2, 0.25) is 0 Å². The average molecular weight is 284 g/mol. The maximum atomic E-state index is 5.89. The van der Waals surface area contributed by atoms with Crippen LogP contribution < -0.4 is 4.90 Å². The van der Waals surface area contributed by atoms with E-state index in [1.54, 1.807) is 0 Å². The second kappa shape index (κ2) is 5.15. The summed E-state index contributed by atoms with van der Waals surface area (Å²) in [6.45, 7) is 1.98. The first-order chi connectivity index (χ1) is 10.3. The maximum absolute atomic E-state index is 5.89. The smallest absolute Gasteiger partial charge is 0.318 e. The highest BCUT2D eigenvalue weighted by Crippen LogP contribution is 2.30. The van der Waals surface area contributed by atoms with Crippen molar-refractivity contribution in [2.75, 3.05) is 25.0 Å². The lowest BCUT2D eigenvalue weighted by atomic mass is 9.92. The van der Waals surface area contributed by atoms with E-state index in [0.717, 1.165) is 18.7 Å². The molecule has 1 aromatic heterocycles. The van der Waals surface area contributed by atoms with Crippen LogP contribution in [-0.2, 0) is 0 Å². The number of anilines is 1. The Morgan fingerprint density at radius 1 is 1.05 bits per heavy atom. The molecule has 2 fully saturated rings. The summed E-state index contributed by atoms with van der Waals surface area (Å²) in [5.41, 5.74) is 0.977. The van der Waals surface area contributed by atoms with Gasteiger partial charge in [-0.15, -0.1) is 5.10 Å². The summed E-state index contributed by atoms with van der Waals surface area (Å²) in [4.78, 5) is 4.78. The summed E-state index contributed by atoms with van der Waals surface area (Å²) < 4.78 is 5.89. The number of hydrogen-bond acceptors (Lipinski definition) is 5. The normalized spacial score (nSPS) is 26.0. The quantitative estimate of drug-likeness (QED) is 0.847. The van der Waals surface area contributed by atoms with Gasteiger partial charge >= 0.3 is 6.01 Å². The molecule has 4 rings (SSSR count). The van der Waals surface area contributed by atoms with Crippen molar-refractivity contribution in [1.29, 1.82) is 0 Å². The lowest BCUT2D eigenvalue weighted by molar-refractivity contribution is 0.0927. The van der Waals surface area contributed by atoms with Crippen LogP contribution in [0.4, 0.5) is 6.01 Å². The van der Waals surface area contributed by atoms with Crippen molar-refractivity contribution in [3.63, 3.8) is 0 Å². The van der Waals surface area contributed by atoms with Gasteiger partial charge in [0, 0.05) is 30.7 Å². The molecule has 2 aliphatic heterocycles. The molecule has 2 aliphatic rings. The Hall–Kier alpha value is -1.88. The molecule has 0 amide bonds. The van der Waals surface area contributed by atoms with Gasteiger partial charge in [0.25, 0.3) is 0 Å². The van der Waals surface area contributed by atoms with Gasteiger partial charge < -0.3 is 9.32 Å². The minimum absolute atomic E-state index is 0.606. The third kappa shape index (κ3) is 2.31. The largest absolute Gasteiger partial charge is 0.403 e. The summed E-state index contributed by atoms with van der Waals surface area (Å²) in [7, 11) is 2.25. The van der Waals surface area contributed by atoms with Gasteiger partial charge in [0.15, 0.2) is 0 Å². The first-order valence-electron chi connectivity index (χ1n) is 7.67. The van der Waals surface area contributed by atoms with Crippen LogP contribution in [0.1, 0.15) is 19.3 Å². The number of piperidine rings is 1. The zero-order chi connectivity index (χ0) is 14.2. The predicted octanol–water partition coefficient (Wildman–Crippen LogP) is 2.41. The monoisotopic (exact) mass is 284 g/mol. The maximum Gasteiger partial charge on any atom is 0.318 e. The molecule has 2 unspecified atom stereocenters. The van der Waals surface area contributed by atoms with Crippen LogP contribution in [0.25, 0.3) is 11.5 Å². The van der Waals surface area contributed by atoms with Gasteiger partial charge in [0.1, 0.15) is 0 Å². The number of rotatable bonds is 2. The molecule has 5 nitrogen and oxygen atoms in total. The van der Waals surface area contributed by atoms with Crippen LogP contribution in [-0.4, -0.2) is 47.3 Å². The van der Waals surface area contributed by atoms with Gasteiger partial charge in [-0.2, -0.15) is 0 Å². The van der Waals surface area contributed by atoms with Crippen molar-refractivity contribution < 1.29 is 4.42 Å². The van der Waals surface area contributed by atoms with E-state index >= 15 is 0 Å². The SMILES string of the molecule is CN1C2CCCC1CN(c1nnc(-c3ccccc3)o1)C2. The highest BCUT2D eigenvalue weighted by molar-refractivity contribution is 5.53. The Balaban J connectivity index is 1.56. The van der Waals surface area contributed by atoms with Gasteiger partial charge in [0.2, 0.25) is 5.89 Å². The van der Waals surface area contributed by atoms with Crippen LogP contribution in [0.3, 0.4) is 0 Å². The number of nitrogens with zero attached hydrogens (tertiary/aromatic N) is 4. The van der Waals surface area contributed by atoms with Crippen LogP contribution in [0, 0.1) is 0 Å². The van der Waals surface area contributed by atoms with Gasteiger partial charge in [0.05, 0.1) is 0 Å². The second-order valence-electron chi connectivity index (χ2n) is 6.06. The molecule has 3 heterocycles. The molecule has 0 saturated carbocycles. The molecule has 110 valence electrons. The minimum atomic E-state index is 0.606. The predicted molar refractivity (Wildman–Crippen MR) is 81.1 cm³/mol. The molecular weight excluding hydrogens is 264 g/mol. The van der Waals surface area contributed by atoms with E-state index in [9.17, 15) is 0 Å². The zero-order valence-electron chi connectivity index (χ0n) is 12.3. The van der Waals surface area contributed by atoms with Gasteiger partial charge in [-0.05, 0) is 32.0 Å².